The molecule has 3 heterocycles. The van der Waals surface area contributed by atoms with Gasteiger partial charge >= 0.3 is 0 Å². The number of halogens is 1. The van der Waals surface area contributed by atoms with Gasteiger partial charge in [0, 0.05) is 23.5 Å². The fraction of sp³-hybridized carbons (Fsp3) is 0.167. The summed E-state index contributed by atoms with van der Waals surface area (Å²) in [6, 6.07) is 1.66. The molecule has 21 heavy (non-hydrogen) atoms. The molecule has 0 aliphatic carbocycles. The van der Waals surface area contributed by atoms with Crippen LogP contribution in [0.1, 0.15) is 15.4 Å². The van der Waals surface area contributed by atoms with Crippen LogP contribution in [-0.4, -0.2) is 30.5 Å². The molecule has 1 amide bonds. The number of carbonyl (C=O) groups is 1. The van der Waals surface area contributed by atoms with Gasteiger partial charge in [0.15, 0.2) is 10.8 Å². The van der Waals surface area contributed by atoms with Crippen molar-refractivity contribution in [1.29, 1.82) is 0 Å². The van der Waals surface area contributed by atoms with Crippen molar-refractivity contribution < 1.29 is 4.79 Å². The highest BCUT2D eigenvalue weighted by Crippen LogP contribution is 2.17. The molecule has 0 aliphatic rings. The summed E-state index contributed by atoms with van der Waals surface area (Å²) in [7, 11) is 0. The second-order valence-electron chi connectivity index (χ2n) is 4.31. The van der Waals surface area contributed by atoms with Crippen molar-refractivity contribution in [1.82, 2.24) is 24.5 Å². The molecular weight excluding hydrogens is 356 g/mol. The Balaban J connectivity index is 1.68. The number of thiazole rings is 1. The molecule has 0 spiro atoms. The SMILES string of the molecule is Cc1cnc(NC(=O)c2ccn(Cn3cc(Br)cn3)n2)s1. The zero-order valence-corrected chi connectivity index (χ0v) is 13.4. The van der Waals surface area contributed by atoms with Crippen LogP contribution in [0.5, 0.6) is 0 Å². The van der Waals surface area contributed by atoms with Crippen molar-refractivity contribution in [2.45, 2.75) is 13.6 Å². The first kappa shape index (κ1) is 14.0. The van der Waals surface area contributed by atoms with Crippen LogP contribution >= 0.6 is 27.3 Å². The molecule has 0 saturated carbocycles. The van der Waals surface area contributed by atoms with E-state index < -0.39 is 0 Å². The summed E-state index contributed by atoms with van der Waals surface area (Å²) in [5, 5.41) is 11.7. The Bertz CT molecular complexity index is 776. The molecule has 1 N–H and O–H groups in total. The molecule has 0 atom stereocenters. The summed E-state index contributed by atoms with van der Waals surface area (Å²) in [5.41, 5.74) is 0.342. The second-order valence-corrected chi connectivity index (χ2v) is 6.46. The molecule has 0 fully saturated rings. The van der Waals surface area contributed by atoms with Crippen molar-refractivity contribution >= 4 is 38.3 Å². The van der Waals surface area contributed by atoms with Crippen LogP contribution in [-0.2, 0) is 6.67 Å². The number of aryl methyl sites for hydroxylation is 1. The van der Waals surface area contributed by atoms with E-state index in [2.05, 4.69) is 36.4 Å². The van der Waals surface area contributed by atoms with Gasteiger partial charge in [-0.1, -0.05) is 0 Å². The van der Waals surface area contributed by atoms with Gasteiger partial charge in [0.2, 0.25) is 0 Å². The number of amides is 1. The standard InChI is InChI=1S/C12H11BrN6OS/c1-8-4-14-12(21-8)16-11(20)10-2-3-18(17-10)7-19-6-9(13)5-15-19/h2-6H,7H2,1H3,(H,14,16,20). The van der Waals surface area contributed by atoms with E-state index in [1.54, 1.807) is 34.0 Å². The van der Waals surface area contributed by atoms with Gasteiger partial charge in [-0.25, -0.2) is 9.67 Å². The van der Waals surface area contributed by atoms with Gasteiger partial charge in [-0.3, -0.25) is 14.8 Å². The zero-order valence-electron chi connectivity index (χ0n) is 11.0. The summed E-state index contributed by atoms with van der Waals surface area (Å²) in [6.45, 7) is 2.37. The molecule has 0 aliphatic heterocycles. The van der Waals surface area contributed by atoms with Crippen LogP contribution < -0.4 is 5.32 Å². The molecule has 0 aromatic carbocycles. The van der Waals surface area contributed by atoms with E-state index >= 15 is 0 Å². The highest BCUT2D eigenvalue weighted by Gasteiger charge is 2.11. The Morgan fingerprint density at radius 3 is 2.95 bits per heavy atom. The van der Waals surface area contributed by atoms with Crippen LogP contribution in [0.25, 0.3) is 0 Å². The largest absolute Gasteiger partial charge is 0.296 e. The minimum absolute atomic E-state index is 0.273. The van der Waals surface area contributed by atoms with Crippen LogP contribution in [0.15, 0.2) is 35.3 Å². The van der Waals surface area contributed by atoms with Crippen molar-refractivity contribution in [2.75, 3.05) is 5.32 Å². The third-order valence-electron chi connectivity index (χ3n) is 2.61. The van der Waals surface area contributed by atoms with Crippen LogP contribution in [0.2, 0.25) is 0 Å². The van der Waals surface area contributed by atoms with Crippen molar-refractivity contribution in [3.8, 4) is 0 Å². The van der Waals surface area contributed by atoms with E-state index in [4.69, 9.17) is 0 Å². The second kappa shape index (κ2) is 5.78. The molecule has 3 rings (SSSR count). The Hall–Kier alpha value is -2.00. The molecule has 0 saturated heterocycles. The predicted octanol–water partition coefficient (Wildman–Crippen LogP) is 2.37. The minimum atomic E-state index is -0.273. The molecule has 0 radical (unpaired) electrons. The third-order valence-corrected chi connectivity index (χ3v) is 3.84. The number of carbonyl (C=O) groups excluding carboxylic acids is 1. The Kier molecular flexibility index (Phi) is 3.84. The van der Waals surface area contributed by atoms with E-state index in [-0.39, 0.29) is 5.91 Å². The molecule has 3 aromatic heterocycles. The monoisotopic (exact) mass is 366 g/mol. The van der Waals surface area contributed by atoms with Crippen molar-refractivity contribution in [3.63, 3.8) is 0 Å². The Morgan fingerprint density at radius 2 is 2.29 bits per heavy atom. The van der Waals surface area contributed by atoms with Gasteiger partial charge in [-0.15, -0.1) is 11.3 Å². The topological polar surface area (TPSA) is 77.6 Å². The molecule has 7 nitrogen and oxygen atoms in total. The number of nitrogens with one attached hydrogen (secondary N) is 1. The fourth-order valence-corrected chi connectivity index (χ4v) is 2.69. The Labute approximate surface area is 132 Å². The predicted molar refractivity (Wildman–Crippen MR) is 82.4 cm³/mol. The lowest BCUT2D eigenvalue weighted by molar-refractivity contribution is 0.102. The number of nitrogens with zero attached hydrogens (tertiary/aromatic N) is 5. The maximum absolute atomic E-state index is 12.0. The number of hydrogen-bond donors (Lipinski definition) is 1. The number of aromatic nitrogens is 5. The average Bonchev–Trinajstić information content (AvgIpc) is 3.13. The normalized spacial score (nSPS) is 10.8. The first-order valence-electron chi connectivity index (χ1n) is 6.05. The molecule has 0 bridgehead atoms. The summed E-state index contributed by atoms with van der Waals surface area (Å²) in [4.78, 5) is 17.2. The lowest BCUT2D eigenvalue weighted by atomic mass is 10.4. The fourth-order valence-electron chi connectivity index (χ4n) is 1.70. The van der Waals surface area contributed by atoms with Crippen LogP contribution in [0.4, 0.5) is 5.13 Å². The molecule has 3 aromatic rings. The summed E-state index contributed by atoms with van der Waals surface area (Å²) in [5.74, 6) is -0.273. The number of hydrogen-bond acceptors (Lipinski definition) is 5. The first-order chi connectivity index (χ1) is 10.1. The molecule has 9 heteroatoms. The van der Waals surface area contributed by atoms with Crippen LogP contribution in [0.3, 0.4) is 0 Å². The maximum atomic E-state index is 12.0. The lowest BCUT2D eigenvalue weighted by Gasteiger charge is -2.01. The van der Waals surface area contributed by atoms with Crippen molar-refractivity contribution in [3.05, 3.63) is 45.9 Å². The summed E-state index contributed by atoms with van der Waals surface area (Å²) >= 11 is 4.76. The molecule has 108 valence electrons. The van der Waals surface area contributed by atoms with Gasteiger partial charge in [0.1, 0.15) is 6.67 Å². The van der Waals surface area contributed by atoms with E-state index in [9.17, 15) is 4.79 Å². The van der Waals surface area contributed by atoms with E-state index in [0.717, 1.165) is 9.35 Å². The zero-order chi connectivity index (χ0) is 14.8. The minimum Gasteiger partial charge on any atom is -0.296 e. The van der Waals surface area contributed by atoms with Crippen molar-refractivity contribution in [2.24, 2.45) is 0 Å². The number of rotatable bonds is 4. The Morgan fingerprint density at radius 1 is 1.43 bits per heavy atom. The lowest BCUT2D eigenvalue weighted by Crippen LogP contribution is -2.14. The van der Waals surface area contributed by atoms with E-state index in [1.165, 1.54) is 11.3 Å². The van der Waals surface area contributed by atoms with E-state index in [1.807, 2.05) is 13.1 Å². The molecular formula is C12H11BrN6OS. The van der Waals surface area contributed by atoms with Gasteiger partial charge in [0.25, 0.3) is 5.91 Å². The average molecular weight is 367 g/mol. The van der Waals surface area contributed by atoms with Gasteiger partial charge in [0.05, 0.1) is 10.7 Å². The summed E-state index contributed by atoms with van der Waals surface area (Å²) < 4.78 is 4.25. The third kappa shape index (κ3) is 3.37. The maximum Gasteiger partial charge on any atom is 0.277 e. The smallest absolute Gasteiger partial charge is 0.277 e. The van der Waals surface area contributed by atoms with Gasteiger partial charge < -0.3 is 0 Å². The quantitative estimate of drug-likeness (QED) is 0.768. The number of anilines is 1. The van der Waals surface area contributed by atoms with Crippen LogP contribution in [0, 0.1) is 6.92 Å². The first-order valence-corrected chi connectivity index (χ1v) is 7.66. The summed E-state index contributed by atoms with van der Waals surface area (Å²) in [6.07, 6.45) is 6.98. The van der Waals surface area contributed by atoms with Gasteiger partial charge in [-0.05, 0) is 28.9 Å². The molecule has 0 unspecified atom stereocenters. The highest BCUT2D eigenvalue weighted by atomic mass is 79.9. The van der Waals surface area contributed by atoms with Gasteiger partial charge in [-0.2, -0.15) is 10.2 Å². The van der Waals surface area contributed by atoms with E-state index in [0.29, 0.717) is 17.5 Å². The highest BCUT2D eigenvalue weighted by molar-refractivity contribution is 9.10.